The molecule has 0 radical (unpaired) electrons. The molecule has 0 bridgehead atoms. The third-order valence-corrected chi connectivity index (χ3v) is 4.46. The Morgan fingerprint density at radius 3 is 1.79 bits per heavy atom. The van der Waals surface area contributed by atoms with Gasteiger partial charge in [-0.05, 0) is 36.4 Å². The molecule has 0 aliphatic heterocycles. The molecule has 0 spiro atoms. The predicted octanol–water partition coefficient (Wildman–Crippen LogP) is 5.54. The largest absolute Gasteiger partial charge is 0.490 e. The van der Waals surface area contributed by atoms with Crippen LogP contribution in [0.15, 0.2) is 36.4 Å². The highest BCUT2D eigenvalue weighted by atomic mass is 19.4. The smallest absolute Gasteiger partial charge is 0.417 e. The van der Waals surface area contributed by atoms with Gasteiger partial charge in [-0.3, -0.25) is 0 Å². The molecule has 0 fully saturated rings. The van der Waals surface area contributed by atoms with Crippen molar-refractivity contribution in [3.63, 3.8) is 0 Å². The van der Waals surface area contributed by atoms with E-state index in [1.54, 1.807) is 0 Å². The van der Waals surface area contributed by atoms with Crippen LogP contribution in [-0.4, -0.2) is 37.7 Å². The van der Waals surface area contributed by atoms with Crippen LogP contribution in [0.25, 0.3) is 0 Å². The maximum atomic E-state index is 13.3. The van der Waals surface area contributed by atoms with E-state index in [0.29, 0.717) is 12.4 Å². The quantitative estimate of drug-likeness (QED) is 0.312. The second-order valence-corrected chi connectivity index (χ2v) is 7.40. The maximum Gasteiger partial charge on any atom is 0.417 e. The average Bonchev–Trinajstić information content (AvgIpc) is 2.74. The Morgan fingerprint density at radius 1 is 0.848 bits per heavy atom. The van der Waals surface area contributed by atoms with Gasteiger partial charge < -0.3 is 25.6 Å². The molecule has 3 N–H and O–H groups in total. The van der Waals surface area contributed by atoms with Crippen LogP contribution < -0.4 is 14.8 Å². The summed E-state index contributed by atoms with van der Waals surface area (Å²) < 4.78 is 90.5. The Kier molecular flexibility index (Phi) is 8.48. The fourth-order valence-corrected chi connectivity index (χ4v) is 2.86. The van der Waals surface area contributed by atoms with Crippen LogP contribution >= 0.6 is 0 Å². The standard InChI is InChI=1S/C22H23F6N3O2/c1-13(2)31-11-18(33-17-6-4-15(10-30)20(8-17)22(26,27)28)12-32-16-5-3-14(9-29)19(7-16)21(23,24)25/h3-10,13,18,29-31H,11-12H2,1-2H3. The Hall–Kier alpha value is -3.08. The lowest BCUT2D eigenvalue weighted by Gasteiger charge is -2.23. The summed E-state index contributed by atoms with van der Waals surface area (Å²) in [5, 5.41) is 17.3. The molecule has 5 nitrogen and oxygen atoms in total. The van der Waals surface area contributed by atoms with Crippen molar-refractivity contribution in [2.45, 2.75) is 38.3 Å². The van der Waals surface area contributed by atoms with Crippen LogP contribution in [0.2, 0.25) is 0 Å². The number of hydrogen-bond donors (Lipinski definition) is 3. The minimum Gasteiger partial charge on any atom is -0.490 e. The SMILES string of the molecule is CC(C)NCC(COc1ccc(C=N)c(C(F)(F)F)c1)Oc1ccc(C=N)c(C(F)(F)F)c1. The topological polar surface area (TPSA) is 78.2 Å². The monoisotopic (exact) mass is 475 g/mol. The predicted molar refractivity (Wildman–Crippen MR) is 112 cm³/mol. The first-order valence-corrected chi connectivity index (χ1v) is 9.81. The second-order valence-electron chi connectivity index (χ2n) is 7.40. The van der Waals surface area contributed by atoms with E-state index >= 15 is 0 Å². The molecule has 0 aliphatic rings. The Balaban J connectivity index is 2.24. The summed E-state index contributed by atoms with van der Waals surface area (Å²) in [5.74, 6) is -0.247. The first-order chi connectivity index (χ1) is 15.3. The average molecular weight is 475 g/mol. The number of benzene rings is 2. The van der Waals surface area contributed by atoms with Crippen molar-refractivity contribution < 1.29 is 35.8 Å². The van der Waals surface area contributed by atoms with E-state index in [2.05, 4.69) is 5.32 Å². The lowest BCUT2D eigenvalue weighted by molar-refractivity contribution is -0.138. The van der Waals surface area contributed by atoms with Crippen LogP contribution in [-0.2, 0) is 12.4 Å². The van der Waals surface area contributed by atoms with Crippen LogP contribution in [0.3, 0.4) is 0 Å². The zero-order chi connectivity index (χ0) is 24.8. The molecule has 1 atom stereocenters. The normalized spacial score (nSPS) is 13.0. The highest BCUT2D eigenvalue weighted by Gasteiger charge is 2.34. The minimum atomic E-state index is -4.70. The number of ether oxygens (including phenoxy) is 2. The van der Waals surface area contributed by atoms with Gasteiger partial charge in [-0.2, -0.15) is 26.3 Å². The molecule has 180 valence electrons. The van der Waals surface area contributed by atoms with E-state index in [9.17, 15) is 26.3 Å². The summed E-state index contributed by atoms with van der Waals surface area (Å²) in [6.45, 7) is 3.57. The molecule has 0 aromatic heterocycles. The van der Waals surface area contributed by atoms with Crippen molar-refractivity contribution in [2.75, 3.05) is 13.2 Å². The molecule has 0 heterocycles. The summed E-state index contributed by atoms with van der Waals surface area (Å²) in [5.41, 5.74) is -2.72. The van der Waals surface area contributed by atoms with Gasteiger partial charge in [0.05, 0.1) is 11.1 Å². The number of rotatable bonds is 10. The van der Waals surface area contributed by atoms with Crippen LogP contribution in [0.5, 0.6) is 11.5 Å². The summed E-state index contributed by atoms with van der Waals surface area (Å²) in [6, 6.07) is 6.27. The second kappa shape index (κ2) is 10.7. The van der Waals surface area contributed by atoms with Gasteiger partial charge in [-0.25, -0.2) is 0 Å². The van der Waals surface area contributed by atoms with Crippen molar-refractivity contribution in [3.8, 4) is 11.5 Å². The lowest BCUT2D eigenvalue weighted by Crippen LogP contribution is -2.39. The van der Waals surface area contributed by atoms with E-state index in [1.165, 1.54) is 12.1 Å². The van der Waals surface area contributed by atoms with Gasteiger partial charge in [0, 0.05) is 36.1 Å². The molecule has 1 unspecified atom stereocenters. The Labute approximate surface area is 186 Å². The van der Waals surface area contributed by atoms with Gasteiger partial charge in [0.25, 0.3) is 0 Å². The third-order valence-electron chi connectivity index (χ3n) is 4.46. The first-order valence-electron chi connectivity index (χ1n) is 9.81. The van der Waals surface area contributed by atoms with Gasteiger partial charge in [0.2, 0.25) is 0 Å². The molecule has 0 aliphatic carbocycles. The van der Waals surface area contributed by atoms with Crippen molar-refractivity contribution in [3.05, 3.63) is 58.7 Å². The lowest BCUT2D eigenvalue weighted by atomic mass is 10.1. The molecule has 11 heteroatoms. The molecule has 0 saturated heterocycles. The van der Waals surface area contributed by atoms with E-state index in [1.807, 2.05) is 13.8 Å². The van der Waals surface area contributed by atoms with Crippen LogP contribution in [0, 0.1) is 10.8 Å². The van der Waals surface area contributed by atoms with Crippen molar-refractivity contribution in [1.82, 2.24) is 5.32 Å². The van der Waals surface area contributed by atoms with Gasteiger partial charge in [-0.1, -0.05) is 13.8 Å². The first kappa shape index (κ1) is 26.2. The molecule has 0 amide bonds. The Bertz CT molecular complexity index is 974. The number of alkyl halides is 6. The summed E-state index contributed by atoms with van der Waals surface area (Å²) in [4.78, 5) is 0. The number of halogens is 6. The molecule has 2 aromatic rings. The fraction of sp³-hybridized carbons (Fsp3) is 0.364. The van der Waals surface area contributed by atoms with Gasteiger partial charge in [0.1, 0.15) is 24.2 Å². The molecular formula is C22H23F6N3O2. The molecule has 2 rings (SSSR count). The molecule has 0 saturated carbocycles. The summed E-state index contributed by atoms with van der Waals surface area (Å²) >= 11 is 0. The molecule has 33 heavy (non-hydrogen) atoms. The zero-order valence-electron chi connectivity index (χ0n) is 17.8. The Morgan fingerprint density at radius 2 is 1.33 bits per heavy atom. The highest BCUT2D eigenvalue weighted by Crippen LogP contribution is 2.35. The van der Waals surface area contributed by atoms with E-state index in [4.69, 9.17) is 20.3 Å². The zero-order valence-corrected chi connectivity index (χ0v) is 17.8. The van der Waals surface area contributed by atoms with Crippen LogP contribution in [0.1, 0.15) is 36.1 Å². The van der Waals surface area contributed by atoms with Crippen molar-refractivity contribution in [2.24, 2.45) is 0 Å². The van der Waals surface area contributed by atoms with E-state index in [-0.39, 0.29) is 41.8 Å². The van der Waals surface area contributed by atoms with E-state index in [0.717, 1.165) is 24.3 Å². The van der Waals surface area contributed by atoms with E-state index < -0.39 is 29.6 Å². The maximum absolute atomic E-state index is 13.3. The number of nitrogens with one attached hydrogen (secondary N) is 3. The third kappa shape index (κ3) is 7.48. The fourth-order valence-electron chi connectivity index (χ4n) is 2.86. The van der Waals surface area contributed by atoms with Crippen molar-refractivity contribution >= 4 is 12.4 Å². The van der Waals surface area contributed by atoms with Gasteiger partial charge in [-0.15, -0.1) is 0 Å². The summed E-state index contributed by atoms with van der Waals surface area (Å²) in [6.07, 6.45) is -9.05. The number of hydrogen-bond acceptors (Lipinski definition) is 5. The molecule has 2 aromatic carbocycles. The highest BCUT2D eigenvalue weighted by molar-refractivity contribution is 5.80. The summed E-state index contributed by atoms with van der Waals surface area (Å²) in [7, 11) is 0. The molecular weight excluding hydrogens is 452 g/mol. The minimum absolute atomic E-state index is 0.00540. The van der Waals surface area contributed by atoms with Gasteiger partial charge in [0.15, 0.2) is 0 Å². The van der Waals surface area contributed by atoms with Crippen LogP contribution in [0.4, 0.5) is 26.3 Å². The van der Waals surface area contributed by atoms with Gasteiger partial charge >= 0.3 is 12.4 Å². The van der Waals surface area contributed by atoms with Crippen molar-refractivity contribution in [1.29, 1.82) is 10.8 Å².